The van der Waals surface area contributed by atoms with Crippen LogP contribution in [0.5, 0.6) is 5.75 Å². The number of carbonyl (C=O) groups excluding carboxylic acids is 1. The molecule has 1 N–H and O–H groups in total. The first-order chi connectivity index (χ1) is 12.3. The minimum Gasteiger partial charge on any atom is -0.494 e. The van der Waals surface area contributed by atoms with Crippen molar-refractivity contribution in [1.82, 2.24) is 9.62 Å². The molecule has 2 aromatic rings. The molecule has 26 heavy (non-hydrogen) atoms. The van der Waals surface area contributed by atoms with Crippen LogP contribution >= 0.6 is 11.6 Å². The molecule has 6 nitrogen and oxygen atoms in total. The van der Waals surface area contributed by atoms with Crippen molar-refractivity contribution < 1.29 is 17.9 Å². The quantitative estimate of drug-likeness (QED) is 0.780. The number of rotatable bonds is 7. The molecule has 0 spiro atoms. The molecule has 0 saturated heterocycles. The number of sulfonamides is 1. The van der Waals surface area contributed by atoms with Gasteiger partial charge in [-0.3, -0.25) is 4.79 Å². The lowest BCUT2D eigenvalue weighted by Crippen LogP contribution is -2.27. The van der Waals surface area contributed by atoms with Gasteiger partial charge in [0, 0.05) is 36.8 Å². The third kappa shape index (κ3) is 4.55. The van der Waals surface area contributed by atoms with E-state index in [9.17, 15) is 13.2 Å². The maximum Gasteiger partial charge on any atom is 0.251 e. The number of benzene rings is 2. The molecule has 0 heterocycles. The van der Waals surface area contributed by atoms with Crippen LogP contribution in [0.25, 0.3) is 0 Å². The van der Waals surface area contributed by atoms with Crippen LogP contribution in [-0.4, -0.2) is 39.3 Å². The summed E-state index contributed by atoms with van der Waals surface area (Å²) in [4.78, 5) is 12.0. The third-order valence-electron chi connectivity index (χ3n) is 3.76. The normalized spacial score (nSPS) is 11.4. The van der Waals surface area contributed by atoms with E-state index in [0.717, 1.165) is 0 Å². The van der Waals surface area contributed by atoms with Gasteiger partial charge >= 0.3 is 0 Å². The average Bonchev–Trinajstić information content (AvgIpc) is 2.62. The SMILES string of the molecule is CCOc1ccc(C(=O)NC)cc1CN(C)S(=O)(=O)c1ccc(Cl)cc1. The maximum absolute atomic E-state index is 12.8. The van der Waals surface area contributed by atoms with E-state index in [1.165, 1.54) is 42.7 Å². The second-order valence-corrected chi connectivity index (χ2v) is 8.03. The van der Waals surface area contributed by atoms with Crippen LogP contribution in [-0.2, 0) is 16.6 Å². The molecule has 0 bridgehead atoms. The molecule has 0 aliphatic carbocycles. The summed E-state index contributed by atoms with van der Waals surface area (Å²) in [5.41, 5.74) is 1.04. The van der Waals surface area contributed by atoms with Crippen LogP contribution in [0.4, 0.5) is 0 Å². The van der Waals surface area contributed by atoms with Gasteiger partial charge in [0.15, 0.2) is 0 Å². The molecule has 0 saturated carbocycles. The predicted molar refractivity (Wildman–Crippen MR) is 101 cm³/mol. The summed E-state index contributed by atoms with van der Waals surface area (Å²) in [5.74, 6) is 0.288. The van der Waals surface area contributed by atoms with Gasteiger partial charge in [0.05, 0.1) is 11.5 Å². The van der Waals surface area contributed by atoms with Crippen molar-refractivity contribution >= 4 is 27.5 Å². The van der Waals surface area contributed by atoms with Gasteiger partial charge < -0.3 is 10.1 Å². The Kier molecular flexibility index (Phi) is 6.63. The maximum atomic E-state index is 12.8. The summed E-state index contributed by atoms with van der Waals surface area (Å²) < 4.78 is 32.3. The van der Waals surface area contributed by atoms with E-state index in [2.05, 4.69) is 5.32 Å². The lowest BCUT2D eigenvalue weighted by atomic mass is 10.1. The first-order valence-corrected chi connectivity index (χ1v) is 9.81. The van der Waals surface area contributed by atoms with Gasteiger partial charge in [-0.15, -0.1) is 0 Å². The average molecular weight is 397 g/mol. The summed E-state index contributed by atoms with van der Waals surface area (Å²) in [6.45, 7) is 2.33. The molecule has 0 unspecified atom stereocenters. The Hall–Kier alpha value is -2.09. The van der Waals surface area contributed by atoms with Crippen molar-refractivity contribution in [3.63, 3.8) is 0 Å². The molecule has 0 fully saturated rings. The largest absolute Gasteiger partial charge is 0.494 e. The van der Waals surface area contributed by atoms with E-state index >= 15 is 0 Å². The zero-order valence-electron chi connectivity index (χ0n) is 14.8. The molecule has 0 radical (unpaired) electrons. The highest BCUT2D eigenvalue weighted by molar-refractivity contribution is 7.89. The molecule has 140 valence electrons. The number of ether oxygens (including phenoxy) is 1. The Balaban J connectivity index is 2.35. The number of nitrogens with one attached hydrogen (secondary N) is 1. The van der Waals surface area contributed by atoms with Gasteiger partial charge in [-0.25, -0.2) is 8.42 Å². The smallest absolute Gasteiger partial charge is 0.251 e. The van der Waals surface area contributed by atoms with E-state index in [1.807, 2.05) is 6.92 Å². The second kappa shape index (κ2) is 8.53. The predicted octanol–water partition coefficient (Wildman–Crippen LogP) is 2.92. The molecular formula is C18H21ClN2O4S. The fourth-order valence-electron chi connectivity index (χ4n) is 2.40. The summed E-state index contributed by atoms with van der Waals surface area (Å²) in [6.07, 6.45) is 0. The van der Waals surface area contributed by atoms with Crippen molar-refractivity contribution in [3.8, 4) is 5.75 Å². The number of halogens is 1. The third-order valence-corrected chi connectivity index (χ3v) is 5.83. The monoisotopic (exact) mass is 396 g/mol. The van der Waals surface area contributed by atoms with Gasteiger partial charge in [-0.05, 0) is 49.4 Å². The fourth-order valence-corrected chi connectivity index (χ4v) is 3.67. The molecule has 8 heteroatoms. The first kappa shape index (κ1) is 20.2. The number of hydrogen-bond acceptors (Lipinski definition) is 4. The van der Waals surface area contributed by atoms with E-state index in [-0.39, 0.29) is 17.3 Å². The van der Waals surface area contributed by atoms with Crippen LogP contribution in [0.1, 0.15) is 22.8 Å². The van der Waals surface area contributed by atoms with Crippen molar-refractivity contribution in [3.05, 3.63) is 58.6 Å². The number of hydrogen-bond donors (Lipinski definition) is 1. The molecular weight excluding hydrogens is 376 g/mol. The topological polar surface area (TPSA) is 75.7 Å². The molecule has 0 aromatic heterocycles. The zero-order valence-corrected chi connectivity index (χ0v) is 16.4. The molecule has 0 atom stereocenters. The summed E-state index contributed by atoms with van der Waals surface area (Å²) in [5, 5.41) is 3.01. The standard InChI is InChI=1S/C18H21ClN2O4S/c1-4-25-17-10-5-13(18(22)20-2)11-14(17)12-21(3)26(23,24)16-8-6-15(19)7-9-16/h5-11H,4,12H2,1-3H3,(H,20,22). The van der Waals surface area contributed by atoms with Crippen molar-refractivity contribution in [2.24, 2.45) is 0 Å². The fraction of sp³-hybridized carbons (Fsp3) is 0.278. The van der Waals surface area contributed by atoms with Crippen LogP contribution in [0.2, 0.25) is 5.02 Å². The van der Waals surface area contributed by atoms with Gasteiger partial charge in [0.2, 0.25) is 10.0 Å². The Bertz CT molecular complexity index is 883. The van der Waals surface area contributed by atoms with Crippen molar-refractivity contribution in [2.45, 2.75) is 18.4 Å². The Morgan fingerprint density at radius 2 is 1.85 bits per heavy atom. The molecule has 1 amide bonds. The lowest BCUT2D eigenvalue weighted by Gasteiger charge is -2.20. The minimum absolute atomic E-state index is 0.0606. The Labute approximate surface area is 158 Å². The molecule has 0 aliphatic heterocycles. The summed E-state index contributed by atoms with van der Waals surface area (Å²) in [7, 11) is -0.690. The zero-order chi connectivity index (χ0) is 19.3. The first-order valence-electron chi connectivity index (χ1n) is 7.99. The number of nitrogens with zero attached hydrogens (tertiary/aromatic N) is 1. The van der Waals surface area contributed by atoms with E-state index < -0.39 is 10.0 Å². The second-order valence-electron chi connectivity index (χ2n) is 5.55. The van der Waals surface area contributed by atoms with Crippen molar-refractivity contribution in [2.75, 3.05) is 20.7 Å². The highest BCUT2D eigenvalue weighted by Gasteiger charge is 2.22. The lowest BCUT2D eigenvalue weighted by molar-refractivity contribution is 0.0963. The highest BCUT2D eigenvalue weighted by Crippen LogP contribution is 2.25. The van der Waals surface area contributed by atoms with Gasteiger partial charge in [0.25, 0.3) is 5.91 Å². The summed E-state index contributed by atoms with van der Waals surface area (Å²) in [6, 6.07) is 10.9. The van der Waals surface area contributed by atoms with E-state index in [0.29, 0.717) is 28.5 Å². The highest BCUT2D eigenvalue weighted by atomic mass is 35.5. The molecule has 0 aliphatic rings. The van der Waals surface area contributed by atoms with E-state index in [4.69, 9.17) is 16.3 Å². The van der Waals surface area contributed by atoms with Gasteiger partial charge in [0.1, 0.15) is 5.75 Å². The van der Waals surface area contributed by atoms with Crippen molar-refractivity contribution in [1.29, 1.82) is 0 Å². The van der Waals surface area contributed by atoms with Gasteiger partial charge in [-0.1, -0.05) is 11.6 Å². The van der Waals surface area contributed by atoms with Crippen LogP contribution in [0.15, 0.2) is 47.4 Å². The number of carbonyl (C=O) groups is 1. The van der Waals surface area contributed by atoms with Crippen LogP contribution in [0.3, 0.4) is 0 Å². The molecule has 2 aromatic carbocycles. The Morgan fingerprint density at radius 1 is 1.19 bits per heavy atom. The summed E-state index contributed by atoms with van der Waals surface area (Å²) >= 11 is 5.82. The van der Waals surface area contributed by atoms with Crippen LogP contribution in [0, 0.1) is 0 Å². The van der Waals surface area contributed by atoms with Gasteiger partial charge in [-0.2, -0.15) is 4.31 Å². The van der Waals surface area contributed by atoms with E-state index in [1.54, 1.807) is 18.2 Å². The number of amides is 1. The Morgan fingerprint density at radius 3 is 2.42 bits per heavy atom. The minimum atomic E-state index is -3.71. The molecule has 2 rings (SSSR count). The van der Waals surface area contributed by atoms with Crippen LogP contribution < -0.4 is 10.1 Å².